The summed E-state index contributed by atoms with van der Waals surface area (Å²) in [5, 5.41) is 2.89. The first-order valence-corrected chi connectivity index (χ1v) is 8.11. The molecule has 1 aromatic carbocycles. The molecule has 4 nitrogen and oxygen atoms in total. The Balaban J connectivity index is 2.84. The van der Waals surface area contributed by atoms with Gasteiger partial charge in [0.05, 0.1) is 13.2 Å². The van der Waals surface area contributed by atoms with Gasteiger partial charge in [-0.15, -0.1) is 0 Å². The second-order valence-corrected chi connectivity index (χ2v) is 6.92. The average molecular weight is 319 g/mol. The van der Waals surface area contributed by atoms with Crippen LogP contribution in [0.2, 0.25) is 0 Å². The molecule has 0 aliphatic heterocycles. The summed E-state index contributed by atoms with van der Waals surface area (Å²) in [4.78, 5) is 11.8. The van der Waals surface area contributed by atoms with Crippen LogP contribution in [0.15, 0.2) is 24.3 Å². The fraction of sp³-hybridized carbons (Fsp3) is 0.526. The van der Waals surface area contributed by atoms with Crippen molar-refractivity contribution in [1.82, 2.24) is 5.32 Å². The highest BCUT2D eigenvalue weighted by Gasteiger charge is 2.11. The van der Waals surface area contributed by atoms with Gasteiger partial charge in [0.1, 0.15) is 0 Å². The Kier molecular flexibility index (Phi) is 7.14. The molecular formula is C19H29NO3. The Morgan fingerprint density at radius 1 is 1.22 bits per heavy atom. The lowest BCUT2D eigenvalue weighted by atomic mass is 10.1. The van der Waals surface area contributed by atoms with Gasteiger partial charge in [-0.1, -0.05) is 19.9 Å². The average Bonchev–Trinajstić information content (AvgIpc) is 2.42. The van der Waals surface area contributed by atoms with Crippen LogP contribution in [-0.2, 0) is 4.79 Å². The van der Waals surface area contributed by atoms with E-state index in [-0.39, 0.29) is 11.4 Å². The molecule has 1 aromatic rings. The van der Waals surface area contributed by atoms with Crippen LogP contribution in [0.3, 0.4) is 0 Å². The maximum atomic E-state index is 11.8. The molecule has 1 amide bonds. The molecule has 4 heteroatoms. The first-order valence-electron chi connectivity index (χ1n) is 8.11. The van der Waals surface area contributed by atoms with Crippen molar-refractivity contribution in [2.24, 2.45) is 5.92 Å². The van der Waals surface area contributed by atoms with Gasteiger partial charge in [0, 0.05) is 11.6 Å². The molecule has 0 radical (unpaired) electrons. The van der Waals surface area contributed by atoms with Gasteiger partial charge in [0.25, 0.3) is 0 Å². The number of carbonyl (C=O) groups excluding carboxylic acids is 1. The van der Waals surface area contributed by atoms with Gasteiger partial charge >= 0.3 is 0 Å². The van der Waals surface area contributed by atoms with E-state index in [1.54, 1.807) is 6.08 Å². The maximum Gasteiger partial charge on any atom is 0.244 e. The van der Waals surface area contributed by atoms with Gasteiger partial charge in [0.2, 0.25) is 5.91 Å². The molecule has 0 aliphatic carbocycles. The molecule has 0 spiro atoms. The summed E-state index contributed by atoms with van der Waals surface area (Å²) in [7, 11) is 0. The first kappa shape index (κ1) is 19.1. The quantitative estimate of drug-likeness (QED) is 0.771. The number of nitrogens with one attached hydrogen (secondary N) is 1. The zero-order valence-electron chi connectivity index (χ0n) is 15.1. The molecule has 0 fully saturated rings. The fourth-order valence-corrected chi connectivity index (χ4v) is 1.86. The molecule has 0 saturated heterocycles. The smallest absolute Gasteiger partial charge is 0.244 e. The Morgan fingerprint density at radius 3 is 2.48 bits per heavy atom. The largest absolute Gasteiger partial charge is 0.490 e. The number of benzene rings is 1. The van der Waals surface area contributed by atoms with Crippen molar-refractivity contribution >= 4 is 12.0 Å². The molecule has 128 valence electrons. The van der Waals surface area contributed by atoms with E-state index in [0.717, 1.165) is 11.3 Å². The topological polar surface area (TPSA) is 47.6 Å². The SMILES string of the molecule is CCOc1cc(/C=C/C(=O)NC(C)(C)C)ccc1OCC(C)C. The molecule has 0 unspecified atom stereocenters. The lowest BCUT2D eigenvalue weighted by molar-refractivity contribution is -0.117. The molecule has 1 N–H and O–H groups in total. The number of ether oxygens (including phenoxy) is 2. The van der Waals surface area contributed by atoms with E-state index in [2.05, 4.69) is 19.2 Å². The highest BCUT2D eigenvalue weighted by Crippen LogP contribution is 2.29. The van der Waals surface area contributed by atoms with Crippen LogP contribution >= 0.6 is 0 Å². The van der Waals surface area contributed by atoms with Crippen LogP contribution in [-0.4, -0.2) is 24.7 Å². The third kappa shape index (κ3) is 7.73. The Morgan fingerprint density at radius 2 is 1.91 bits per heavy atom. The number of carbonyl (C=O) groups is 1. The predicted molar refractivity (Wildman–Crippen MR) is 94.9 cm³/mol. The number of hydrogen-bond acceptors (Lipinski definition) is 3. The first-order chi connectivity index (χ1) is 10.7. The summed E-state index contributed by atoms with van der Waals surface area (Å²) in [5.74, 6) is 1.77. The van der Waals surface area contributed by atoms with Crippen molar-refractivity contribution < 1.29 is 14.3 Å². The van der Waals surface area contributed by atoms with Crippen LogP contribution < -0.4 is 14.8 Å². The zero-order chi connectivity index (χ0) is 17.5. The molecule has 23 heavy (non-hydrogen) atoms. The molecule has 0 saturated carbocycles. The van der Waals surface area contributed by atoms with Gasteiger partial charge in [-0.25, -0.2) is 0 Å². The molecule has 0 heterocycles. The molecule has 0 atom stereocenters. The summed E-state index contributed by atoms with van der Waals surface area (Å²) in [5.41, 5.74) is 0.654. The third-order valence-electron chi connectivity index (χ3n) is 2.77. The highest BCUT2D eigenvalue weighted by atomic mass is 16.5. The van der Waals surface area contributed by atoms with Gasteiger partial charge in [-0.2, -0.15) is 0 Å². The van der Waals surface area contributed by atoms with Crippen LogP contribution in [0.1, 0.15) is 47.1 Å². The number of rotatable bonds is 7. The van der Waals surface area contributed by atoms with Crippen molar-refractivity contribution in [1.29, 1.82) is 0 Å². The maximum absolute atomic E-state index is 11.8. The summed E-state index contributed by atoms with van der Waals surface area (Å²) < 4.78 is 11.4. The summed E-state index contributed by atoms with van der Waals surface area (Å²) in [6.45, 7) is 13.2. The minimum atomic E-state index is -0.244. The van der Waals surface area contributed by atoms with Crippen molar-refractivity contribution in [2.45, 2.75) is 47.1 Å². The third-order valence-corrected chi connectivity index (χ3v) is 2.77. The molecule has 0 aliphatic rings. The van der Waals surface area contributed by atoms with E-state index < -0.39 is 0 Å². The fourth-order valence-electron chi connectivity index (χ4n) is 1.86. The summed E-state index contributed by atoms with van der Waals surface area (Å²) in [6, 6.07) is 5.69. The monoisotopic (exact) mass is 319 g/mol. The molecule has 1 rings (SSSR count). The lowest BCUT2D eigenvalue weighted by Gasteiger charge is -2.19. The van der Waals surface area contributed by atoms with Gasteiger partial charge < -0.3 is 14.8 Å². The minimum absolute atomic E-state index is 0.115. The normalized spacial score (nSPS) is 11.8. The van der Waals surface area contributed by atoms with E-state index in [4.69, 9.17) is 9.47 Å². The van der Waals surface area contributed by atoms with E-state index in [0.29, 0.717) is 24.9 Å². The van der Waals surface area contributed by atoms with E-state index in [1.165, 1.54) is 6.08 Å². The number of amides is 1. The van der Waals surface area contributed by atoms with Gasteiger partial charge in [0.15, 0.2) is 11.5 Å². The van der Waals surface area contributed by atoms with Crippen LogP contribution in [0.4, 0.5) is 0 Å². The van der Waals surface area contributed by atoms with Crippen LogP contribution in [0.25, 0.3) is 6.08 Å². The Hall–Kier alpha value is -1.97. The zero-order valence-corrected chi connectivity index (χ0v) is 15.1. The number of hydrogen-bond donors (Lipinski definition) is 1. The van der Waals surface area contributed by atoms with Crippen LogP contribution in [0.5, 0.6) is 11.5 Å². The van der Waals surface area contributed by atoms with E-state index in [1.807, 2.05) is 45.9 Å². The predicted octanol–water partition coefficient (Wildman–Crippen LogP) is 4.05. The summed E-state index contributed by atoms with van der Waals surface area (Å²) >= 11 is 0. The van der Waals surface area contributed by atoms with Crippen molar-refractivity contribution in [3.63, 3.8) is 0 Å². The van der Waals surface area contributed by atoms with Crippen molar-refractivity contribution in [2.75, 3.05) is 13.2 Å². The van der Waals surface area contributed by atoms with Gasteiger partial charge in [-0.05, 0) is 57.4 Å². The van der Waals surface area contributed by atoms with Crippen LogP contribution in [0, 0.1) is 5.92 Å². The van der Waals surface area contributed by atoms with Crippen molar-refractivity contribution in [3.05, 3.63) is 29.8 Å². The second kappa shape index (κ2) is 8.61. The van der Waals surface area contributed by atoms with E-state index in [9.17, 15) is 4.79 Å². The molecule has 0 bridgehead atoms. The lowest BCUT2D eigenvalue weighted by Crippen LogP contribution is -2.39. The Labute approximate surface area is 139 Å². The second-order valence-electron chi connectivity index (χ2n) is 6.92. The standard InChI is InChI=1S/C19H29NO3/c1-7-22-17-12-15(8-10-16(17)23-13-14(2)3)9-11-18(21)20-19(4,5)6/h8-12,14H,7,13H2,1-6H3,(H,20,21)/b11-9+. The van der Waals surface area contributed by atoms with E-state index >= 15 is 0 Å². The minimum Gasteiger partial charge on any atom is -0.490 e. The summed E-state index contributed by atoms with van der Waals surface area (Å²) in [6.07, 6.45) is 3.31. The molecular weight excluding hydrogens is 290 g/mol. The highest BCUT2D eigenvalue weighted by molar-refractivity contribution is 5.92. The van der Waals surface area contributed by atoms with Gasteiger partial charge in [-0.3, -0.25) is 4.79 Å². The van der Waals surface area contributed by atoms with Crippen molar-refractivity contribution in [3.8, 4) is 11.5 Å². The Bertz CT molecular complexity index is 542. The molecule has 0 aromatic heterocycles.